The third-order valence-corrected chi connectivity index (χ3v) is 4.18. The van der Waals surface area contributed by atoms with Crippen LogP contribution in [0.15, 0.2) is 0 Å². The van der Waals surface area contributed by atoms with E-state index in [0.717, 1.165) is 31.0 Å². The lowest BCUT2D eigenvalue weighted by Gasteiger charge is -2.24. The lowest BCUT2D eigenvalue weighted by Crippen LogP contribution is -2.44. The van der Waals surface area contributed by atoms with E-state index < -0.39 is 5.54 Å². The molecule has 1 saturated heterocycles. The molecule has 0 aliphatic carbocycles. The minimum Gasteiger partial charge on any atom is -0.324 e. The minimum atomic E-state index is -0.797. The van der Waals surface area contributed by atoms with Crippen molar-refractivity contribution < 1.29 is 9.59 Å². The molecule has 3 rings (SSSR count). The summed E-state index contributed by atoms with van der Waals surface area (Å²) in [4.78, 5) is 29.5. The quantitative estimate of drug-likeness (QED) is 0.753. The second kappa shape index (κ2) is 5.35. The maximum Gasteiger partial charge on any atom is 0.325 e. The fourth-order valence-corrected chi connectivity index (χ4v) is 3.00. The summed E-state index contributed by atoms with van der Waals surface area (Å²) < 4.78 is 1.94. The molecule has 2 aliphatic heterocycles. The molecule has 8 heteroatoms. The molecule has 22 heavy (non-hydrogen) atoms. The number of hydrogen-bond acceptors (Lipinski definition) is 5. The Morgan fingerprint density at radius 3 is 2.86 bits per heavy atom. The van der Waals surface area contributed by atoms with Gasteiger partial charge in [-0.2, -0.15) is 5.10 Å². The van der Waals surface area contributed by atoms with Crippen LogP contribution in [-0.4, -0.2) is 56.3 Å². The van der Waals surface area contributed by atoms with E-state index in [2.05, 4.69) is 20.7 Å². The van der Waals surface area contributed by atoms with Gasteiger partial charge in [0.15, 0.2) is 0 Å². The fraction of sp³-hybridized carbons (Fsp3) is 0.714. The van der Waals surface area contributed by atoms with Crippen LogP contribution in [0.4, 0.5) is 4.79 Å². The number of fused-ring (bicyclic) bond motifs is 1. The number of carbonyl (C=O) groups excluding carboxylic acids is 2. The van der Waals surface area contributed by atoms with Crippen molar-refractivity contribution in [1.29, 1.82) is 0 Å². The Morgan fingerprint density at radius 1 is 1.41 bits per heavy atom. The standard InChI is InChI=1S/C14H22N6O2/c1-9-16-11-5-4-10(8-20(11)18-9)15-6-7-19-12(21)14(2,3)17-13(19)22/h10,15H,4-8H2,1-3H3,(H,17,22). The molecule has 2 N–H and O–H groups in total. The van der Waals surface area contributed by atoms with E-state index in [-0.39, 0.29) is 11.9 Å². The van der Waals surface area contributed by atoms with E-state index in [4.69, 9.17) is 0 Å². The smallest absolute Gasteiger partial charge is 0.324 e. The van der Waals surface area contributed by atoms with Gasteiger partial charge in [-0.3, -0.25) is 9.69 Å². The number of aromatic nitrogens is 3. The predicted octanol–water partition coefficient (Wildman–Crippen LogP) is -0.179. The molecule has 0 bridgehead atoms. The molecule has 120 valence electrons. The molecule has 1 aromatic heterocycles. The second-order valence-electron chi connectivity index (χ2n) is 6.46. The van der Waals surface area contributed by atoms with E-state index in [1.165, 1.54) is 4.90 Å². The number of hydrogen-bond donors (Lipinski definition) is 2. The van der Waals surface area contributed by atoms with E-state index in [0.29, 0.717) is 19.1 Å². The van der Waals surface area contributed by atoms with Crippen molar-refractivity contribution in [2.75, 3.05) is 13.1 Å². The fourth-order valence-electron chi connectivity index (χ4n) is 3.00. The third kappa shape index (κ3) is 2.70. The average Bonchev–Trinajstić information content (AvgIpc) is 2.89. The van der Waals surface area contributed by atoms with Crippen LogP contribution in [0.2, 0.25) is 0 Å². The van der Waals surface area contributed by atoms with E-state index in [1.54, 1.807) is 13.8 Å². The molecule has 0 radical (unpaired) electrons. The highest BCUT2D eigenvalue weighted by molar-refractivity contribution is 6.06. The van der Waals surface area contributed by atoms with Crippen molar-refractivity contribution in [1.82, 2.24) is 30.3 Å². The predicted molar refractivity (Wildman–Crippen MR) is 79.2 cm³/mol. The number of nitrogens with one attached hydrogen (secondary N) is 2. The van der Waals surface area contributed by atoms with Gasteiger partial charge in [0, 0.05) is 25.6 Å². The van der Waals surface area contributed by atoms with Gasteiger partial charge in [0.2, 0.25) is 0 Å². The number of urea groups is 1. The first-order chi connectivity index (χ1) is 10.4. The summed E-state index contributed by atoms with van der Waals surface area (Å²) in [6.45, 7) is 7.08. The van der Waals surface area contributed by atoms with Crippen LogP contribution in [0.3, 0.4) is 0 Å². The third-order valence-electron chi connectivity index (χ3n) is 4.18. The zero-order valence-corrected chi connectivity index (χ0v) is 13.2. The first kappa shape index (κ1) is 15.0. The van der Waals surface area contributed by atoms with Crippen molar-refractivity contribution in [3.05, 3.63) is 11.6 Å². The van der Waals surface area contributed by atoms with Crippen molar-refractivity contribution >= 4 is 11.9 Å². The van der Waals surface area contributed by atoms with E-state index in [1.807, 2.05) is 11.6 Å². The lowest BCUT2D eigenvalue weighted by molar-refractivity contribution is -0.130. The molecule has 1 atom stereocenters. The first-order valence-electron chi connectivity index (χ1n) is 7.64. The van der Waals surface area contributed by atoms with Gasteiger partial charge in [0.1, 0.15) is 17.2 Å². The molecule has 3 amide bonds. The van der Waals surface area contributed by atoms with Crippen LogP contribution >= 0.6 is 0 Å². The second-order valence-corrected chi connectivity index (χ2v) is 6.46. The van der Waals surface area contributed by atoms with Crippen LogP contribution in [0.25, 0.3) is 0 Å². The van der Waals surface area contributed by atoms with Crippen LogP contribution in [-0.2, 0) is 17.8 Å². The SMILES string of the molecule is Cc1nc2n(n1)CC(NCCN1C(=O)NC(C)(C)C1=O)CC2. The highest BCUT2D eigenvalue weighted by Crippen LogP contribution is 2.16. The Morgan fingerprint density at radius 2 is 2.18 bits per heavy atom. The van der Waals surface area contributed by atoms with Gasteiger partial charge >= 0.3 is 6.03 Å². The summed E-state index contributed by atoms with van der Waals surface area (Å²) in [6, 6.07) is -0.0167. The van der Waals surface area contributed by atoms with Crippen molar-refractivity contribution in [2.45, 2.75) is 51.7 Å². The number of nitrogens with zero attached hydrogens (tertiary/aromatic N) is 4. The summed E-state index contributed by atoms with van der Waals surface area (Å²) in [5, 5.41) is 10.5. The summed E-state index contributed by atoms with van der Waals surface area (Å²) >= 11 is 0. The maximum absolute atomic E-state index is 12.1. The molecule has 3 heterocycles. The largest absolute Gasteiger partial charge is 0.325 e. The first-order valence-corrected chi connectivity index (χ1v) is 7.64. The van der Waals surface area contributed by atoms with Gasteiger partial charge in [-0.05, 0) is 27.2 Å². The Kier molecular flexibility index (Phi) is 3.64. The van der Waals surface area contributed by atoms with Crippen molar-refractivity contribution in [3.8, 4) is 0 Å². The van der Waals surface area contributed by atoms with Gasteiger partial charge in [0.25, 0.3) is 5.91 Å². The zero-order chi connectivity index (χ0) is 15.9. The number of amides is 3. The monoisotopic (exact) mass is 306 g/mol. The topological polar surface area (TPSA) is 92.2 Å². The molecule has 2 aliphatic rings. The average molecular weight is 306 g/mol. The number of imide groups is 1. The molecule has 1 aromatic rings. The molecular formula is C14H22N6O2. The molecule has 8 nitrogen and oxygen atoms in total. The number of rotatable bonds is 4. The van der Waals surface area contributed by atoms with Crippen molar-refractivity contribution in [2.24, 2.45) is 0 Å². The Hall–Kier alpha value is -1.96. The van der Waals surface area contributed by atoms with Gasteiger partial charge in [-0.1, -0.05) is 0 Å². The van der Waals surface area contributed by atoms with Crippen molar-refractivity contribution in [3.63, 3.8) is 0 Å². The van der Waals surface area contributed by atoms with Crippen LogP contribution in [0, 0.1) is 6.92 Å². The van der Waals surface area contributed by atoms with Crippen LogP contribution in [0.1, 0.15) is 31.9 Å². The van der Waals surface area contributed by atoms with E-state index >= 15 is 0 Å². The highest BCUT2D eigenvalue weighted by Gasteiger charge is 2.43. The van der Waals surface area contributed by atoms with Crippen LogP contribution in [0.5, 0.6) is 0 Å². The zero-order valence-electron chi connectivity index (χ0n) is 13.2. The summed E-state index contributed by atoms with van der Waals surface area (Å²) in [5.41, 5.74) is -0.797. The highest BCUT2D eigenvalue weighted by atomic mass is 16.2. The van der Waals surface area contributed by atoms with Gasteiger partial charge in [-0.25, -0.2) is 14.5 Å². The normalized spacial score (nSPS) is 23.6. The van der Waals surface area contributed by atoms with E-state index in [9.17, 15) is 9.59 Å². The molecule has 0 spiro atoms. The molecule has 1 fully saturated rings. The van der Waals surface area contributed by atoms with Gasteiger partial charge in [0.05, 0.1) is 6.54 Å². The lowest BCUT2D eigenvalue weighted by atomic mass is 10.1. The number of carbonyl (C=O) groups is 2. The Labute approximate surface area is 129 Å². The Bertz CT molecular complexity index is 608. The summed E-state index contributed by atoms with van der Waals surface area (Å²) in [6.07, 6.45) is 1.89. The molecule has 0 aromatic carbocycles. The maximum atomic E-state index is 12.1. The van der Waals surface area contributed by atoms with Gasteiger partial charge < -0.3 is 10.6 Å². The minimum absolute atomic E-state index is 0.169. The molecule has 1 unspecified atom stereocenters. The number of aryl methyl sites for hydroxylation is 2. The Balaban J connectivity index is 1.50. The summed E-state index contributed by atoms with van der Waals surface area (Å²) in [7, 11) is 0. The summed E-state index contributed by atoms with van der Waals surface area (Å²) in [5.74, 6) is 1.67. The van der Waals surface area contributed by atoms with Crippen LogP contribution < -0.4 is 10.6 Å². The molecular weight excluding hydrogens is 284 g/mol. The van der Waals surface area contributed by atoms with Gasteiger partial charge in [-0.15, -0.1) is 0 Å². The molecule has 0 saturated carbocycles.